The molecule has 5 nitrogen and oxygen atoms in total. The van der Waals surface area contributed by atoms with Crippen LogP contribution in [0.3, 0.4) is 0 Å². The molecule has 1 aromatic heterocycles. The second kappa shape index (κ2) is 9.08. The molecule has 1 aliphatic rings. The molecule has 3 rings (SSSR count). The third-order valence-electron chi connectivity index (χ3n) is 5.47. The fourth-order valence-electron chi connectivity index (χ4n) is 3.90. The van der Waals surface area contributed by atoms with E-state index in [2.05, 4.69) is 63.8 Å². The molecule has 0 saturated carbocycles. The largest absolute Gasteiger partial charge is 0.361 e. The van der Waals surface area contributed by atoms with Gasteiger partial charge in [0.2, 0.25) is 0 Å². The molecule has 0 aliphatic carbocycles. The third kappa shape index (κ3) is 4.58. The van der Waals surface area contributed by atoms with Crippen LogP contribution >= 0.6 is 0 Å². The van der Waals surface area contributed by atoms with Crippen molar-refractivity contribution in [3.8, 4) is 0 Å². The summed E-state index contributed by atoms with van der Waals surface area (Å²) < 4.78 is 0. The molecule has 26 heavy (non-hydrogen) atoms. The average Bonchev–Trinajstić information content (AvgIpc) is 3.31. The van der Waals surface area contributed by atoms with E-state index in [0.717, 1.165) is 25.5 Å². The summed E-state index contributed by atoms with van der Waals surface area (Å²) >= 11 is 0. The Kier molecular flexibility index (Phi) is 6.56. The van der Waals surface area contributed by atoms with Gasteiger partial charge >= 0.3 is 0 Å². The minimum Gasteiger partial charge on any atom is -0.361 e. The van der Waals surface area contributed by atoms with Gasteiger partial charge in [-0.3, -0.25) is 9.89 Å². The number of guanidine groups is 1. The molecule has 1 unspecified atom stereocenters. The van der Waals surface area contributed by atoms with Crippen molar-refractivity contribution < 1.29 is 0 Å². The predicted octanol–water partition coefficient (Wildman–Crippen LogP) is 3.06. The minimum atomic E-state index is 0.605. The molecule has 142 valence electrons. The Morgan fingerprint density at radius 3 is 2.81 bits per heavy atom. The summed E-state index contributed by atoms with van der Waals surface area (Å²) in [6.07, 6.45) is 6.97. The first-order chi connectivity index (χ1) is 12.7. The summed E-state index contributed by atoms with van der Waals surface area (Å²) in [6.45, 7) is 8.73. The van der Waals surface area contributed by atoms with Crippen molar-refractivity contribution in [2.24, 2.45) is 4.99 Å². The Morgan fingerprint density at radius 1 is 1.27 bits per heavy atom. The highest BCUT2D eigenvalue weighted by atomic mass is 15.2. The Morgan fingerprint density at radius 2 is 2.08 bits per heavy atom. The Labute approximate surface area is 157 Å². The second-order valence-corrected chi connectivity index (χ2v) is 7.30. The topological polar surface area (TPSA) is 55.5 Å². The van der Waals surface area contributed by atoms with Crippen LogP contribution in [0.1, 0.15) is 37.3 Å². The number of aliphatic imine (C=N–C) groups is 1. The van der Waals surface area contributed by atoms with Crippen LogP contribution in [-0.4, -0.2) is 55.1 Å². The maximum Gasteiger partial charge on any atom is 0.191 e. The normalized spacial score (nSPS) is 17.0. The van der Waals surface area contributed by atoms with Crippen molar-refractivity contribution in [1.82, 2.24) is 20.5 Å². The number of hydrogen-bond donors (Lipinski definition) is 3. The molecule has 0 bridgehead atoms. The van der Waals surface area contributed by atoms with E-state index in [1.54, 1.807) is 0 Å². The minimum absolute atomic E-state index is 0.605. The molecule has 2 heterocycles. The van der Waals surface area contributed by atoms with Crippen molar-refractivity contribution in [1.29, 1.82) is 0 Å². The maximum atomic E-state index is 4.38. The van der Waals surface area contributed by atoms with Crippen LogP contribution in [0.5, 0.6) is 0 Å². The summed E-state index contributed by atoms with van der Waals surface area (Å²) in [6, 6.07) is 7.20. The summed E-state index contributed by atoms with van der Waals surface area (Å²) in [5.74, 6) is 0.901. The average molecular weight is 356 g/mol. The molecular formula is C21H33N5. The van der Waals surface area contributed by atoms with E-state index in [1.807, 2.05) is 7.05 Å². The first-order valence-corrected chi connectivity index (χ1v) is 9.96. The highest BCUT2D eigenvalue weighted by Gasteiger charge is 2.20. The zero-order chi connectivity index (χ0) is 18.4. The van der Waals surface area contributed by atoms with Gasteiger partial charge in [0.1, 0.15) is 0 Å². The van der Waals surface area contributed by atoms with Gasteiger partial charge in [0, 0.05) is 43.3 Å². The number of nitrogens with zero attached hydrogens (tertiary/aromatic N) is 2. The zero-order valence-electron chi connectivity index (χ0n) is 16.4. The van der Waals surface area contributed by atoms with Crippen LogP contribution in [0, 0.1) is 6.92 Å². The van der Waals surface area contributed by atoms with Crippen LogP contribution < -0.4 is 10.6 Å². The summed E-state index contributed by atoms with van der Waals surface area (Å²) in [5, 5.41) is 8.29. The number of nitrogens with one attached hydrogen (secondary N) is 3. The van der Waals surface area contributed by atoms with Gasteiger partial charge in [0.05, 0.1) is 0 Å². The van der Waals surface area contributed by atoms with E-state index in [-0.39, 0.29) is 0 Å². The van der Waals surface area contributed by atoms with Gasteiger partial charge in [-0.15, -0.1) is 0 Å². The van der Waals surface area contributed by atoms with E-state index < -0.39 is 0 Å². The number of hydrogen-bond acceptors (Lipinski definition) is 2. The first kappa shape index (κ1) is 18.8. The van der Waals surface area contributed by atoms with E-state index in [4.69, 9.17) is 0 Å². The number of fused-ring (bicyclic) bond motifs is 1. The Hall–Kier alpha value is -2.01. The van der Waals surface area contributed by atoms with Gasteiger partial charge in [-0.25, -0.2) is 0 Å². The first-order valence-electron chi connectivity index (χ1n) is 9.96. The molecule has 0 radical (unpaired) electrons. The molecular weight excluding hydrogens is 322 g/mol. The molecule has 1 aliphatic heterocycles. The third-order valence-corrected chi connectivity index (χ3v) is 5.47. The van der Waals surface area contributed by atoms with Gasteiger partial charge in [-0.1, -0.05) is 19.1 Å². The number of rotatable bonds is 7. The molecule has 1 saturated heterocycles. The van der Waals surface area contributed by atoms with Gasteiger partial charge in [-0.05, 0) is 62.9 Å². The lowest BCUT2D eigenvalue weighted by atomic mass is 10.1. The van der Waals surface area contributed by atoms with Crippen LogP contribution in [0.15, 0.2) is 29.4 Å². The SMILES string of the molecule is CCC(CNC(=NC)NCCc1c[nH]c2cc(C)ccc12)N1CCCC1. The standard InChI is InChI=1S/C21H33N5/c1-4-18(26-11-5-6-12-26)15-25-21(22-3)23-10-9-17-14-24-20-13-16(2)7-8-19(17)20/h7-8,13-14,18,24H,4-6,9-12,15H2,1-3H3,(H2,22,23,25). The lowest BCUT2D eigenvalue weighted by Crippen LogP contribution is -2.46. The number of benzene rings is 1. The van der Waals surface area contributed by atoms with Gasteiger partial charge in [0.25, 0.3) is 0 Å². The van der Waals surface area contributed by atoms with Gasteiger partial charge < -0.3 is 15.6 Å². The van der Waals surface area contributed by atoms with Crippen molar-refractivity contribution in [2.75, 3.05) is 33.2 Å². The van der Waals surface area contributed by atoms with Crippen molar-refractivity contribution in [3.05, 3.63) is 35.5 Å². The highest BCUT2D eigenvalue weighted by Crippen LogP contribution is 2.19. The Bertz CT molecular complexity index is 727. The molecule has 1 fully saturated rings. The number of aromatic amines is 1. The molecule has 5 heteroatoms. The van der Waals surface area contributed by atoms with E-state index >= 15 is 0 Å². The van der Waals surface area contributed by atoms with E-state index in [9.17, 15) is 0 Å². The molecule has 3 N–H and O–H groups in total. The lowest BCUT2D eigenvalue weighted by Gasteiger charge is -2.27. The van der Waals surface area contributed by atoms with Crippen LogP contribution in [0.25, 0.3) is 10.9 Å². The van der Waals surface area contributed by atoms with Crippen LogP contribution in [0.4, 0.5) is 0 Å². The van der Waals surface area contributed by atoms with Gasteiger partial charge in [0.15, 0.2) is 5.96 Å². The quantitative estimate of drug-likeness (QED) is 0.528. The fourth-order valence-corrected chi connectivity index (χ4v) is 3.90. The maximum absolute atomic E-state index is 4.38. The molecule has 1 atom stereocenters. The highest BCUT2D eigenvalue weighted by molar-refractivity contribution is 5.84. The molecule has 1 aromatic carbocycles. The number of H-pyrrole nitrogens is 1. The summed E-state index contributed by atoms with van der Waals surface area (Å²) in [4.78, 5) is 10.4. The van der Waals surface area contributed by atoms with Gasteiger partial charge in [-0.2, -0.15) is 0 Å². The molecule has 0 spiro atoms. The van der Waals surface area contributed by atoms with E-state index in [0.29, 0.717) is 6.04 Å². The van der Waals surface area contributed by atoms with Crippen LogP contribution in [0.2, 0.25) is 0 Å². The smallest absolute Gasteiger partial charge is 0.191 e. The number of aryl methyl sites for hydroxylation is 1. The summed E-state index contributed by atoms with van der Waals surface area (Å²) in [7, 11) is 1.85. The number of likely N-dealkylation sites (tertiary alicyclic amines) is 1. The van der Waals surface area contributed by atoms with Crippen molar-refractivity contribution in [3.63, 3.8) is 0 Å². The zero-order valence-corrected chi connectivity index (χ0v) is 16.4. The van der Waals surface area contributed by atoms with E-state index in [1.165, 1.54) is 54.4 Å². The monoisotopic (exact) mass is 355 g/mol. The molecule has 0 amide bonds. The molecule has 2 aromatic rings. The second-order valence-electron chi connectivity index (χ2n) is 7.30. The predicted molar refractivity (Wildman–Crippen MR) is 111 cm³/mol. The lowest BCUT2D eigenvalue weighted by molar-refractivity contribution is 0.236. The summed E-state index contributed by atoms with van der Waals surface area (Å²) in [5.41, 5.74) is 3.86. The van der Waals surface area contributed by atoms with Crippen molar-refractivity contribution in [2.45, 2.75) is 45.6 Å². The number of aromatic nitrogens is 1. The fraction of sp³-hybridized carbons (Fsp3) is 0.571. The Balaban J connectivity index is 1.47. The van der Waals surface area contributed by atoms with Crippen molar-refractivity contribution >= 4 is 16.9 Å². The van der Waals surface area contributed by atoms with Crippen LogP contribution in [-0.2, 0) is 6.42 Å².